The van der Waals surface area contributed by atoms with Gasteiger partial charge in [0.05, 0.1) is 5.69 Å². The van der Waals surface area contributed by atoms with Crippen LogP contribution in [0.25, 0.3) is 0 Å². The van der Waals surface area contributed by atoms with E-state index in [1.807, 2.05) is 11.7 Å². The summed E-state index contributed by atoms with van der Waals surface area (Å²) >= 11 is 0. The maximum atomic E-state index is 4.49. The van der Waals surface area contributed by atoms with Crippen LogP contribution in [0.2, 0.25) is 0 Å². The predicted octanol–water partition coefficient (Wildman–Crippen LogP) is 3.10. The highest BCUT2D eigenvalue weighted by molar-refractivity contribution is 5.24. The number of aromatic nitrogens is 2. The monoisotopic (exact) mass is 249 g/mol. The van der Waals surface area contributed by atoms with Gasteiger partial charge < -0.3 is 5.32 Å². The lowest BCUT2D eigenvalue weighted by molar-refractivity contribution is 0.254. The zero-order valence-corrected chi connectivity index (χ0v) is 12.3. The first-order chi connectivity index (χ1) is 8.63. The van der Waals surface area contributed by atoms with E-state index in [1.165, 1.54) is 49.1 Å². The standard InChI is InChI=1S/C15H27N3/c1-5-13-8-6-7-9-15(13)16-10-14-11(2)17-18(4)12(14)3/h13,15-16H,5-10H2,1-4H3. The molecule has 1 saturated carbocycles. The van der Waals surface area contributed by atoms with Gasteiger partial charge in [0.1, 0.15) is 0 Å². The van der Waals surface area contributed by atoms with E-state index in [1.54, 1.807) is 0 Å². The molecule has 2 atom stereocenters. The smallest absolute Gasteiger partial charge is 0.0641 e. The molecule has 1 aromatic heterocycles. The van der Waals surface area contributed by atoms with E-state index in [-0.39, 0.29) is 0 Å². The van der Waals surface area contributed by atoms with Crippen molar-refractivity contribution in [3.63, 3.8) is 0 Å². The zero-order chi connectivity index (χ0) is 13.1. The van der Waals surface area contributed by atoms with Gasteiger partial charge in [-0.3, -0.25) is 4.68 Å². The molecule has 0 radical (unpaired) electrons. The molecule has 0 aromatic carbocycles. The van der Waals surface area contributed by atoms with Crippen molar-refractivity contribution in [3.8, 4) is 0 Å². The molecule has 0 amide bonds. The molecule has 3 heteroatoms. The fraction of sp³-hybridized carbons (Fsp3) is 0.800. The molecule has 18 heavy (non-hydrogen) atoms. The Bertz CT molecular complexity index is 395. The van der Waals surface area contributed by atoms with Crippen molar-refractivity contribution in [2.75, 3.05) is 0 Å². The molecule has 0 bridgehead atoms. The minimum atomic E-state index is 0.711. The van der Waals surface area contributed by atoms with Gasteiger partial charge in [-0.2, -0.15) is 5.10 Å². The molecule has 1 heterocycles. The van der Waals surface area contributed by atoms with Gasteiger partial charge in [0.25, 0.3) is 0 Å². The normalized spacial score (nSPS) is 24.4. The highest BCUT2D eigenvalue weighted by Crippen LogP contribution is 2.27. The largest absolute Gasteiger partial charge is 0.310 e. The number of nitrogens with zero attached hydrogens (tertiary/aromatic N) is 2. The maximum Gasteiger partial charge on any atom is 0.0641 e. The van der Waals surface area contributed by atoms with Crippen LogP contribution in [0, 0.1) is 19.8 Å². The summed E-state index contributed by atoms with van der Waals surface area (Å²) in [7, 11) is 2.03. The van der Waals surface area contributed by atoms with Crippen molar-refractivity contribution in [2.24, 2.45) is 13.0 Å². The lowest BCUT2D eigenvalue weighted by Crippen LogP contribution is -2.38. The van der Waals surface area contributed by atoms with E-state index in [4.69, 9.17) is 0 Å². The Labute approximate surface area is 111 Å². The molecule has 102 valence electrons. The Hall–Kier alpha value is -0.830. The Kier molecular flexibility index (Phi) is 4.44. The molecular weight excluding hydrogens is 222 g/mol. The topological polar surface area (TPSA) is 29.9 Å². The van der Waals surface area contributed by atoms with Gasteiger partial charge in [-0.05, 0) is 32.6 Å². The Morgan fingerprint density at radius 1 is 1.28 bits per heavy atom. The van der Waals surface area contributed by atoms with Crippen molar-refractivity contribution < 1.29 is 0 Å². The van der Waals surface area contributed by atoms with Crippen LogP contribution in [0.4, 0.5) is 0 Å². The molecule has 3 nitrogen and oxygen atoms in total. The predicted molar refractivity (Wildman–Crippen MR) is 75.6 cm³/mol. The van der Waals surface area contributed by atoms with Crippen LogP contribution in [0.1, 0.15) is 56.0 Å². The van der Waals surface area contributed by atoms with Gasteiger partial charge >= 0.3 is 0 Å². The van der Waals surface area contributed by atoms with Gasteiger partial charge in [0.15, 0.2) is 0 Å². The summed E-state index contributed by atoms with van der Waals surface area (Å²) in [4.78, 5) is 0. The quantitative estimate of drug-likeness (QED) is 0.888. The average Bonchev–Trinajstić information content (AvgIpc) is 2.62. The molecule has 1 fully saturated rings. The highest BCUT2D eigenvalue weighted by atomic mass is 15.3. The van der Waals surface area contributed by atoms with Gasteiger partial charge in [0.2, 0.25) is 0 Å². The van der Waals surface area contributed by atoms with Crippen LogP contribution in [0.15, 0.2) is 0 Å². The highest BCUT2D eigenvalue weighted by Gasteiger charge is 2.23. The molecule has 0 spiro atoms. The zero-order valence-electron chi connectivity index (χ0n) is 12.3. The summed E-state index contributed by atoms with van der Waals surface area (Å²) in [6, 6.07) is 0.711. The van der Waals surface area contributed by atoms with E-state index in [9.17, 15) is 0 Å². The fourth-order valence-electron chi connectivity index (χ4n) is 3.27. The van der Waals surface area contributed by atoms with Crippen molar-refractivity contribution in [3.05, 3.63) is 17.0 Å². The molecule has 0 saturated heterocycles. The van der Waals surface area contributed by atoms with Gasteiger partial charge in [-0.15, -0.1) is 0 Å². The SMILES string of the molecule is CCC1CCCCC1NCc1c(C)nn(C)c1C. The van der Waals surface area contributed by atoms with Gasteiger partial charge in [-0.25, -0.2) is 0 Å². The Balaban J connectivity index is 1.98. The van der Waals surface area contributed by atoms with Crippen molar-refractivity contribution >= 4 is 0 Å². The van der Waals surface area contributed by atoms with E-state index in [0.717, 1.165) is 12.5 Å². The third-order valence-corrected chi connectivity index (χ3v) is 4.63. The third-order valence-electron chi connectivity index (χ3n) is 4.63. The molecular formula is C15H27N3. The third kappa shape index (κ3) is 2.77. The molecule has 1 N–H and O–H groups in total. The summed E-state index contributed by atoms with van der Waals surface area (Å²) in [5, 5.41) is 8.27. The van der Waals surface area contributed by atoms with E-state index in [2.05, 4.69) is 31.2 Å². The Morgan fingerprint density at radius 3 is 2.61 bits per heavy atom. The summed E-state index contributed by atoms with van der Waals surface area (Å²) < 4.78 is 1.99. The fourth-order valence-corrected chi connectivity index (χ4v) is 3.27. The van der Waals surface area contributed by atoms with Crippen molar-refractivity contribution in [1.82, 2.24) is 15.1 Å². The first kappa shape index (κ1) is 13.6. The van der Waals surface area contributed by atoms with Crippen LogP contribution in [-0.4, -0.2) is 15.8 Å². The molecule has 1 aromatic rings. The lowest BCUT2D eigenvalue weighted by atomic mass is 9.83. The van der Waals surface area contributed by atoms with E-state index < -0.39 is 0 Å². The number of hydrogen-bond acceptors (Lipinski definition) is 2. The first-order valence-corrected chi connectivity index (χ1v) is 7.36. The number of aryl methyl sites for hydroxylation is 2. The molecule has 2 unspecified atom stereocenters. The molecule has 1 aliphatic rings. The van der Waals surface area contributed by atoms with Crippen LogP contribution in [-0.2, 0) is 13.6 Å². The lowest BCUT2D eigenvalue weighted by Gasteiger charge is -2.31. The second kappa shape index (κ2) is 5.87. The summed E-state index contributed by atoms with van der Waals surface area (Å²) in [5.41, 5.74) is 3.85. The van der Waals surface area contributed by atoms with Crippen LogP contribution in [0.5, 0.6) is 0 Å². The average molecular weight is 249 g/mol. The second-order valence-electron chi connectivity index (χ2n) is 5.71. The summed E-state index contributed by atoms with van der Waals surface area (Å²) in [6.07, 6.45) is 6.86. The number of hydrogen-bond donors (Lipinski definition) is 1. The maximum absolute atomic E-state index is 4.49. The van der Waals surface area contributed by atoms with Crippen LogP contribution < -0.4 is 5.32 Å². The number of rotatable bonds is 4. The second-order valence-corrected chi connectivity index (χ2v) is 5.71. The van der Waals surface area contributed by atoms with Gasteiger partial charge in [0, 0.05) is 30.9 Å². The molecule has 2 rings (SSSR count). The summed E-state index contributed by atoms with van der Waals surface area (Å²) in [5.74, 6) is 0.871. The van der Waals surface area contributed by atoms with Crippen molar-refractivity contribution in [1.29, 1.82) is 0 Å². The summed E-state index contributed by atoms with van der Waals surface area (Å²) in [6.45, 7) is 7.58. The van der Waals surface area contributed by atoms with Crippen molar-refractivity contribution in [2.45, 2.75) is 65.5 Å². The van der Waals surface area contributed by atoms with Crippen LogP contribution in [0.3, 0.4) is 0 Å². The van der Waals surface area contributed by atoms with E-state index in [0.29, 0.717) is 6.04 Å². The molecule has 0 aliphatic heterocycles. The molecule has 1 aliphatic carbocycles. The van der Waals surface area contributed by atoms with Gasteiger partial charge in [-0.1, -0.05) is 26.2 Å². The minimum Gasteiger partial charge on any atom is -0.310 e. The van der Waals surface area contributed by atoms with Crippen LogP contribution >= 0.6 is 0 Å². The Morgan fingerprint density at radius 2 is 2.00 bits per heavy atom. The number of nitrogens with one attached hydrogen (secondary N) is 1. The van der Waals surface area contributed by atoms with E-state index >= 15 is 0 Å². The minimum absolute atomic E-state index is 0.711. The first-order valence-electron chi connectivity index (χ1n) is 7.36.